The van der Waals surface area contributed by atoms with Gasteiger partial charge in [0.1, 0.15) is 0 Å². The van der Waals surface area contributed by atoms with Crippen LogP contribution in [-0.4, -0.2) is 14.5 Å². The van der Waals surface area contributed by atoms with E-state index in [0.29, 0.717) is 5.82 Å². The van der Waals surface area contributed by atoms with Gasteiger partial charge >= 0.3 is 0 Å². The molecule has 0 saturated heterocycles. The average molecular weight is 641 g/mol. The summed E-state index contributed by atoms with van der Waals surface area (Å²) in [6.45, 7) is 0. The molecule has 9 rings (SSSR count). The average Bonchev–Trinajstić information content (AvgIpc) is 3.53. The maximum Gasteiger partial charge on any atom is 0.162 e. The molecule has 0 bridgehead atoms. The molecule has 0 unspecified atom stereocenters. The largest absolute Gasteiger partial charge is 0.310 e. The first-order valence-electron chi connectivity index (χ1n) is 16.8. The fraction of sp³-hybridized carbons (Fsp3) is 0. The minimum atomic E-state index is 0.683. The molecule has 0 saturated carbocycles. The second kappa shape index (κ2) is 12.7. The highest BCUT2D eigenvalue weighted by molar-refractivity contribution is 6.11. The lowest BCUT2D eigenvalue weighted by atomic mass is 10.1. The van der Waals surface area contributed by atoms with Crippen LogP contribution in [0.15, 0.2) is 194 Å². The first kappa shape index (κ1) is 29.4. The van der Waals surface area contributed by atoms with E-state index in [0.717, 1.165) is 61.9 Å². The minimum Gasteiger partial charge on any atom is -0.310 e. The van der Waals surface area contributed by atoms with Crippen LogP contribution in [0.5, 0.6) is 0 Å². The Labute approximate surface area is 291 Å². The van der Waals surface area contributed by atoms with Crippen molar-refractivity contribution < 1.29 is 0 Å². The molecule has 4 nitrogen and oxygen atoms in total. The van der Waals surface area contributed by atoms with Crippen LogP contribution in [-0.2, 0) is 0 Å². The number of rotatable bonds is 7. The van der Waals surface area contributed by atoms with Crippen molar-refractivity contribution >= 4 is 38.9 Å². The highest BCUT2D eigenvalue weighted by atomic mass is 15.1. The molecule has 0 fully saturated rings. The van der Waals surface area contributed by atoms with Crippen molar-refractivity contribution in [2.75, 3.05) is 4.90 Å². The molecule has 0 aliphatic rings. The first-order chi connectivity index (χ1) is 24.8. The zero-order valence-electron chi connectivity index (χ0n) is 27.3. The highest BCUT2D eigenvalue weighted by Crippen LogP contribution is 2.41. The van der Waals surface area contributed by atoms with E-state index in [2.05, 4.69) is 191 Å². The van der Waals surface area contributed by atoms with E-state index in [1.165, 1.54) is 10.8 Å². The molecule has 50 heavy (non-hydrogen) atoms. The molecule has 0 aliphatic heterocycles. The van der Waals surface area contributed by atoms with E-state index >= 15 is 0 Å². The van der Waals surface area contributed by atoms with Gasteiger partial charge in [0, 0.05) is 44.5 Å². The molecular weight excluding hydrogens is 609 g/mol. The number of para-hydroxylation sites is 4. The van der Waals surface area contributed by atoms with Crippen molar-refractivity contribution in [3.05, 3.63) is 194 Å². The lowest BCUT2D eigenvalue weighted by molar-refractivity contribution is 1.14. The SMILES string of the molecule is c1ccc(-c2cc(-c3ccccc3)nc(-c3ccccc3-n3c4ccccc4c4cc(N(c5ccccc5)c5ccccc5)ccc43)n2)cc1. The first-order valence-corrected chi connectivity index (χ1v) is 16.8. The molecule has 0 atom stereocenters. The molecule has 236 valence electrons. The molecule has 0 radical (unpaired) electrons. The van der Waals surface area contributed by atoms with Gasteiger partial charge in [-0.1, -0.05) is 127 Å². The fourth-order valence-corrected chi connectivity index (χ4v) is 6.90. The van der Waals surface area contributed by atoms with Crippen molar-refractivity contribution in [2.45, 2.75) is 0 Å². The van der Waals surface area contributed by atoms with Gasteiger partial charge in [0.2, 0.25) is 0 Å². The zero-order chi connectivity index (χ0) is 33.3. The van der Waals surface area contributed by atoms with Crippen molar-refractivity contribution in [3.8, 4) is 39.6 Å². The Hall–Kier alpha value is -6.78. The van der Waals surface area contributed by atoms with E-state index < -0.39 is 0 Å². The third kappa shape index (κ3) is 5.29. The molecule has 2 aromatic heterocycles. The van der Waals surface area contributed by atoms with Gasteiger partial charge in [0.05, 0.1) is 28.1 Å². The summed E-state index contributed by atoms with van der Waals surface area (Å²) < 4.78 is 2.36. The van der Waals surface area contributed by atoms with Gasteiger partial charge in [-0.2, -0.15) is 0 Å². The summed E-state index contributed by atoms with van der Waals surface area (Å²) in [5.41, 5.74) is 11.4. The van der Waals surface area contributed by atoms with Crippen LogP contribution in [0.1, 0.15) is 0 Å². The van der Waals surface area contributed by atoms with Gasteiger partial charge in [-0.05, 0) is 66.7 Å². The van der Waals surface area contributed by atoms with Crippen molar-refractivity contribution in [1.29, 1.82) is 0 Å². The van der Waals surface area contributed by atoms with E-state index in [-0.39, 0.29) is 0 Å². The number of nitrogens with zero attached hydrogens (tertiary/aromatic N) is 4. The summed E-state index contributed by atoms with van der Waals surface area (Å²) in [5.74, 6) is 0.683. The number of anilines is 3. The Morgan fingerprint density at radius 3 is 1.50 bits per heavy atom. The smallest absolute Gasteiger partial charge is 0.162 e. The molecule has 4 heteroatoms. The Balaban J connectivity index is 1.26. The van der Waals surface area contributed by atoms with Crippen molar-refractivity contribution in [1.82, 2.24) is 14.5 Å². The molecular formula is C46H32N4. The fourth-order valence-electron chi connectivity index (χ4n) is 6.90. The van der Waals surface area contributed by atoms with E-state index in [1.807, 2.05) is 12.1 Å². The molecule has 2 heterocycles. The normalized spacial score (nSPS) is 11.2. The van der Waals surface area contributed by atoms with Crippen molar-refractivity contribution in [2.24, 2.45) is 0 Å². The van der Waals surface area contributed by atoms with Crippen LogP contribution in [0.25, 0.3) is 61.4 Å². The Kier molecular flexibility index (Phi) is 7.45. The molecule has 9 aromatic rings. The van der Waals surface area contributed by atoms with Crippen LogP contribution in [0.4, 0.5) is 17.1 Å². The van der Waals surface area contributed by atoms with Gasteiger partial charge in [-0.3, -0.25) is 0 Å². The van der Waals surface area contributed by atoms with Crippen LogP contribution >= 0.6 is 0 Å². The summed E-state index contributed by atoms with van der Waals surface area (Å²) in [4.78, 5) is 12.7. The van der Waals surface area contributed by atoms with Gasteiger partial charge in [-0.25, -0.2) is 9.97 Å². The summed E-state index contributed by atoms with van der Waals surface area (Å²) in [6.07, 6.45) is 0. The van der Waals surface area contributed by atoms with Crippen LogP contribution in [0.2, 0.25) is 0 Å². The maximum atomic E-state index is 5.20. The topological polar surface area (TPSA) is 34.0 Å². The Morgan fingerprint density at radius 2 is 0.880 bits per heavy atom. The van der Waals surface area contributed by atoms with Gasteiger partial charge in [0.15, 0.2) is 5.82 Å². The van der Waals surface area contributed by atoms with Gasteiger partial charge < -0.3 is 9.47 Å². The molecule has 0 spiro atoms. The number of benzene rings is 7. The molecule has 0 amide bonds. The maximum absolute atomic E-state index is 5.20. The summed E-state index contributed by atoms with van der Waals surface area (Å²) in [5, 5.41) is 2.36. The minimum absolute atomic E-state index is 0.683. The predicted molar refractivity (Wildman–Crippen MR) is 207 cm³/mol. The van der Waals surface area contributed by atoms with Crippen LogP contribution in [0.3, 0.4) is 0 Å². The molecule has 7 aromatic carbocycles. The van der Waals surface area contributed by atoms with Crippen molar-refractivity contribution in [3.63, 3.8) is 0 Å². The van der Waals surface area contributed by atoms with Gasteiger partial charge in [-0.15, -0.1) is 0 Å². The second-order valence-corrected chi connectivity index (χ2v) is 12.3. The highest BCUT2D eigenvalue weighted by Gasteiger charge is 2.20. The summed E-state index contributed by atoms with van der Waals surface area (Å²) >= 11 is 0. The van der Waals surface area contributed by atoms with Crippen LogP contribution in [0, 0.1) is 0 Å². The lowest BCUT2D eigenvalue weighted by Crippen LogP contribution is -2.09. The number of hydrogen-bond donors (Lipinski definition) is 0. The van der Waals surface area contributed by atoms with Crippen LogP contribution < -0.4 is 4.90 Å². The molecule has 0 aliphatic carbocycles. The quantitative estimate of drug-likeness (QED) is 0.174. The molecule has 0 N–H and O–H groups in total. The Morgan fingerprint density at radius 1 is 0.380 bits per heavy atom. The predicted octanol–water partition coefficient (Wildman–Crippen LogP) is 12.0. The van der Waals surface area contributed by atoms with E-state index in [9.17, 15) is 0 Å². The third-order valence-electron chi connectivity index (χ3n) is 9.19. The standard InChI is InChI=1S/C46H32N4/c1-5-17-33(18-6-1)41-32-42(34-19-7-2-8-20-34)48-46(47-41)39-26-14-16-28-44(39)50-43-27-15-13-25-38(43)40-31-37(29-30-45(40)50)49(35-21-9-3-10-22-35)36-23-11-4-12-24-36/h1-32H. The van der Waals surface area contributed by atoms with Gasteiger partial charge in [0.25, 0.3) is 0 Å². The third-order valence-corrected chi connectivity index (χ3v) is 9.19. The second-order valence-electron chi connectivity index (χ2n) is 12.3. The van der Waals surface area contributed by atoms with E-state index in [4.69, 9.17) is 9.97 Å². The lowest BCUT2D eigenvalue weighted by Gasteiger charge is -2.25. The number of aromatic nitrogens is 3. The van der Waals surface area contributed by atoms with E-state index in [1.54, 1.807) is 0 Å². The number of fused-ring (bicyclic) bond motifs is 3. The Bertz CT molecular complexity index is 2480. The summed E-state index contributed by atoms with van der Waals surface area (Å²) in [6, 6.07) is 67.8. The number of hydrogen-bond acceptors (Lipinski definition) is 3. The monoisotopic (exact) mass is 640 g/mol. The summed E-state index contributed by atoms with van der Waals surface area (Å²) in [7, 11) is 0. The zero-order valence-corrected chi connectivity index (χ0v) is 27.3.